The van der Waals surface area contributed by atoms with Crippen molar-refractivity contribution in [2.24, 2.45) is 0 Å². The summed E-state index contributed by atoms with van der Waals surface area (Å²) in [4.78, 5) is 3.71. The second-order valence-corrected chi connectivity index (χ2v) is 8.70. The van der Waals surface area contributed by atoms with Crippen molar-refractivity contribution >= 4 is 43.7 Å². The van der Waals surface area contributed by atoms with Crippen molar-refractivity contribution in [3.63, 3.8) is 0 Å². The largest absolute Gasteiger partial charge is 0.456 e. The lowest BCUT2D eigenvalue weighted by molar-refractivity contribution is 0.647. The first kappa shape index (κ1) is 15.4. The fourth-order valence-corrected chi connectivity index (χ4v) is 5.36. The van der Waals surface area contributed by atoms with Crippen LogP contribution in [-0.2, 0) is 5.41 Å². The third-order valence-electron chi connectivity index (χ3n) is 6.82. The van der Waals surface area contributed by atoms with Gasteiger partial charge in [0, 0.05) is 38.0 Å². The zero-order chi connectivity index (χ0) is 19.3. The van der Waals surface area contributed by atoms with Crippen molar-refractivity contribution in [1.82, 2.24) is 4.98 Å². The minimum Gasteiger partial charge on any atom is -0.456 e. The van der Waals surface area contributed by atoms with Crippen LogP contribution in [0.15, 0.2) is 77.2 Å². The molecule has 2 aromatic heterocycles. The molecule has 0 fully saturated rings. The molecular formula is C27H19NO. The van der Waals surface area contributed by atoms with Gasteiger partial charge in [0.2, 0.25) is 0 Å². The third-order valence-corrected chi connectivity index (χ3v) is 6.82. The molecule has 0 radical (unpaired) electrons. The Morgan fingerprint density at radius 3 is 2.38 bits per heavy atom. The van der Waals surface area contributed by atoms with E-state index in [0.717, 1.165) is 11.2 Å². The van der Waals surface area contributed by atoms with Crippen LogP contribution in [0.25, 0.3) is 54.9 Å². The van der Waals surface area contributed by atoms with E-state index in [-0.39, 0.29) is 5.41 Å². The number of rotatable bonds is 0. The van der Waals surface area contributed by atoms with Crippen molar-refractivity contribution < 1.29 is 4.42 Å². The van der Waals surface area contributed by atoms with Gasteiger partial charge in [-0.15, -0.1) is 0 Å². The van der Waals surface area contributed by atoms with Gasteiger partial charge in [0.15, 0.2) is 0 Å². The summed E-state index contributed by atoms with van der Waals surface area (Å²) in [7, 11) is 0. The molecule has 7 rings (SSSR count). The highest BCUT2D eigenvalue weighted by molar-refractivity contribution is 6.15. The molecule has 0 bridgehead atoms. The van der Waals surface area contributed by atoms with E-state index >= 15 is 0 Å². The maximum Gasteiger partial charge on any atom is 0.135 e. The Morgan fingerprint density at radius 1 is 0.690 bits per heavy atom. The van der Waals surface area contributed by atoms with Gasteiger partial charge in [-0.2, -0.15) is 0 Å². The van der Waals surface area contributed by atoms with Crippen LogP contribution in [0.3, 0.4) is 0 Å². The summed E-state index contributed by atoms with van der Waals surface area (Å²) in [5.74, 6) is 0. The van der Waals surface area contributed by atoms with Crippen LogP contribution in [0, 0.1) is 0 Å². The Morgan fingerprint density at radius 2 is 1.48 bits per heavy atom. The van der Waals surface area contributed by atoms with Crippen LogP contribution < -0.4 is 0 Å². The van der Waals surface area contributed by atoms with Gasteiger partial charge in [0.05, 0.1) is 5.52 Å². The molecule has 6 aromatic rings. The lowest BCUT2D eigenvalue weighted by Crippen LogP contribution is -2.14. The number of hydrogen-bond acceptors (Lipinski definition) is 1. The van der Waals surface area contributed by atoms with Gasteiger partial charge >= 0.3 is 0 Å². The Labute approximate surface area is 167 Å². The molecule has 0 saturated carbocycles. The third kappa shape index (κ3) is 1.78. The van der Waals surface area contributed by atoms with Gasteiger partial charge in [-0.25, -0.2) is 0 Å². The van der Waals surface area contributed by atoms with E-state index in [4.69, 9.17) is 4.42 Å². The normalized spacial score (nSPS) is 14.8. The molecule has 1 N–H and O–H groups in total. The predicted octanol–water partition coefficient (Wildman–Crippen LogP) is 7.53. The molecule has 2 heterocycles. The van der Waals surface area contributed by atoms with Gasteiger partial charge in [-0.1, -0.05) is 62.4 Å². The summed E-state index contributed by atoms with van der Waals surface area (Å²) in [5, 5.41) is 4.95. The minimum atomic E-state index is -0.0662. The first-order valence-electron chi connectivity index (χ1n) is 10.1. The predicted molar refractivity (Wildman–Crippen MR) is 121 cm³/mol. The number of aromatic nitrogens is 1. The topological polar surface area (TPSA) is 28.9 Å². The number of furan rings is 1. The van der Waals surface area contributed by atoms with Crippen LogP contribution in [-0.4, -0.2) is 4.98 Å². The average Bonchev–Trinajstić information content (AvgIpc) is 3.35. The highest BCUT2D eigenvalue weighted by Gasteiger charge is 2.37. The molecule has 0 unspecified atom stereocenters. The maximum atomic E-state index is 6.20. The van der Waals surface area contributed by atoms with Crippen LogP contribution in [0.5, 0.6) is 0 Å². The summed E-state index contributed by atoms with van der Waals surface area (Å²) < 4.78 is 6.20. The second kappa shape index (κ2) is 4.90. The lowest BCUT2D eigenvalue weighted by Gasteiger charge is -2.21. The molecule has 29 heavy (non-hydrogen) atoms. The first-order chi connectivity index (χ1) is 14.1. The van der Waals surface area contributed by atoms with E-state index in [1.165, 1.54) is 54.8 Å². The fourth-order valence-electron chi connectivity index (χ4n) is 5.36. The smallest absolute Gasteiger partial charge is 0.135 e. The van der Waals surface area contributed by atoms with Crippen LogP contribution in [0.1, 0.15) is 25.0 Å². The van der Waals surface area contributed by atoms with Crippen molar-refractivity contribution in [3.05, 3.63) is 83.9 Å². The average molecular weight is 373 g/mol. The maximum absolute atomic E-state index is 6.20. The summed E-state index contributed by atoms with van der Waals surface area (Å²) >= 11 is 0. The highest BCUT2D eigenvalue weighted by Crippen LogP contribution is 2.53. The van der Waals surface area contributed by atoms with Crippen molar-refractivity contribution in [2.75, 3.05) is 0 Å². The Balaban J connectivity index is 1.67. The zero-order valence-electron chi connectivity index (χ0n) is 16.3. The van der Waals surface area contributed by atoms with Gasteiger partial charge in [-0.3, -0.25) is 0 Å². The van der Waals surface area contributed by atoms with Gasteiger partial charge < -0.3 is 9.40 Å². The van der Waals surface area contributed by atoms with E-state index in [1.807, 2.05) is 6.07 Å². The number of para-hydroxylation sites is 2. The number of H-pyrrole nitrogens is 1. The molecule has 0 saturated heterocycles. The summed E-state index contributed by atoms with van der Waals surface area (Å²) in [6, 6.07) is 26.1. The summed E-state index contributed by atoms with van der Waals surface area (Å²) in [6.45, 7) is 4.64. The molecule has 0 atom stereocenters. The quantitative estimate of drug-likeness (QED) is 0.293. The number of benzene rings is 4. The number of nitrogens with one attached hydrogen (secondary N) is 1. The second-order valence-electron chi connectivity index (χ2n) is 8.70. The van der Waals surface area contributed by atoms with E-state index in [2.05, 4.69) is 85.6 Å². The van der Waals surface area contributed by atoms with Crippen molar-refractivity contribution in [1.29, 1.82) is 0 Å². The molecule has 4 aromatic carbocycles. The van der Waals surface area contributed by atoms with Crippen LogP contribution in [0.2, 0.25) is 0 Å². The van der Waals surface area contributed by atoms with Crippen molar-refractivity contribution in [3.8, 4) is 11.1 Å². The number of hydrogen-bond donors (Lipinski definition) is 1. The van der Waals surface area contributed by atoms with Gasteiger partial charge in [0.1, 0.15) is 11.2 Å². The molecule has 2 heteroatoms. The minimum absolute atomic E-state index is 0.0662. The highest BCUT2D eigenvalue weighted by atomic mass is 16.3. The van der Waals surface area contributed by atoms with E-state index < -0.39 is 0 Å². The molecular weight excluding hydrogens is 354 g/mol. The zero-order valence-corrected chi connectivity index (χ0v) is 16.3. The SMILES string of the molecule is CC1(C)c2cc3oc4ccccc4c3cc2-c2c1ccc1c2[nH]c2ccccc21. The van der Waals surface area contributed by atoms with Crippen LogP contribution >= 0.6 is 0 Å². The summed E-state index contributed by atoms with van der Waals surface area (Å²) in [6.07, 6.45) is 0. The fraction of sp³-hybridized carbons (Fsp3) is 0.111. The monoisotopic (exact) mass is 373 g/mol. The molecule has 1 aliphatic rings. The van der Waals surface area contributed by atoms with Gasteiger partial charge in [0.25, 0.3) is 0 Å². The van der Waals surface area contributed by atoms with Crippen LogP contribution in [0.4, 0.5) is 0 Å². The standard InChI is InChI=1S/C27H19NO/c1-27(2)20-12-11-17-15-7-3-5-9-22(15)28-26(17)25(20)19-13-18-16-8-4-6-10-23(16)29-24(18)14-21(19)27/h3-14,28H,1-2H3. The molecule has 1 aliphatic carbocycles. The number of fused-ring (bicyclic) bond motifs is 10. The molecule has 0 aliphatic heterocycles. The molecule has 0 spiro atoms. The van der Waals surface area contributed by atoms with Crippen molar-refractivity contribution in [2.45, 2.75) is 19.3 Å². The Hall–Kier alpha value is -3.52. The number of aromatic amines is 1. The molecule has 0 amide bonds. The Bertz CT molecular complexity index is 1630. The van der Waals surface area contributed by atoms with E-state index in [0.29, 0.717) is 0 Å². The first-order valence-corrected chi connectivity index (χ1v) is 10.1. The van der Waals surface area contributed by atoms with E-state index in [1.54, 1.807) is 0 Å². The Kier molecular flexibility index (Phi) is 2.60. The molecule has 2 nitrogen and oxygen atoms in total. The lowest BCUT2D eigenvalue weighted by atomic mass is 9.82. The summed E-state index contributed by atoms with van der Waals surface area (Å²) in [5.41, 5.74) is 9.66. The molecule has 138 valence electrons. The van der Waals surface area contributed by atoms with Gasteiger partial charge in [-0.05, 0) is 41.0 Å². The van der Waals surface area contributed by atoms with E-state index in [9.17, 15) is 0 Å².